The summed E-state index contributed by atoms with van der Waals surface area (Å²) in [7, 11) is -9.92. The molecule has 19 heteroatoms. The van der Waals surface area contributed by atoms with Crippen LogP contribution in [0.2, 0.25) is 0 Å². The molecular formula is C80H156O17P2. The number of aliphatic hydroxyl groups excluding tert-OH is 1. The third-order valence-corrected chi connectivity index (χ3v) is 20.6. The van der Waals surface area contributed by atoms with Crippen LogP contribution >= 0.6 is 15.6 Å². The summed E-state index contributed by atoms with van der Waals surface area (Å²) in [5, 5.41) is 10.6. The van der Waals surface area contributed by atoms with E-state index in [1.54, 1.807) is 0 Å². The highest BCUT2D eigenvalue weighted by molar-refractivity contribution is 7.47. The molecule has 0 saturated heterocycles. The number of hydrogen-bond donors (Lipinski definition) is 3. The molecule has 0 aromatic rings. The van der Waals surface area contributed by atoms with Gasteiger partial charge in [-0.05, 0) is 37.5 Å². The number of hydrogen-bond acceptors (Lipinski definition) is 15. The van der Waals surface area contributed by atoms with Crippen LogP contribution in [0.5, 0.6) is 0 Å². The largest absolute Gasteiger partial charge is 0.472 e. The monoisotopic (exact) mass is 1450 g/mol. The Morgan fingerprint density at radius 3 is 0.687 bits per heavy atom. The molecule has 3 N–H and O–H groups in total. The van der Waals surface area contributed by atoms with E-state index in [0.29, 0.717) is 31.6 Å². The van der Waals surface area contributed by atoms with Gasteiger partial charge in [-0.2, -0.15) is 0 Å². The highest BCUT2D eigenvalue weighted by atomic mass is 31.2. The first-order valence-electron chi connectivity index (χ1n) is 41.5. The summed E-state index contributed by atoms with van der Waals surface area (Å²) in [4.78, 5) is 72.9. The van der Waals surface area contributed by atoms with Crippen molar-refractivity contribution in [1.82, 2.24) is 0 Å². The summed E-state index contributed by atoms with van der Waals surface area (Å²) in [6.07, 6.45) is 61.2. The molecule has 0 spiro atoms. The zero-order valence-electron chi connectivity index (χ0n) is 64.8. The van der Waals surface area contributed by atoms with Gasteiger partial charge in [0.2, 0.25) is 0 Å². The van der Waals surface area contributed by atoms with Gasteiger partial charge in [0.15, 0.2) is 12.2 Å². The van der Waals surface area contributed by atoms with Crippen molar-refractivity contribution in [2.24, 2.45) is 11.8 Å². The molecule has 0 aliphatic rings. The van der Waals surface area contributed by atoms with Crippen LogP contribution in [0.15, 0.2) is 0 Å². The van der Waals surface area contributed by atoms with E-state index in [9.17, 15) is 43.2 Å². The van der Waals surface area contributed by atoms with Crippen LogP contribution in [0.25, 0.3) is 0 Å². The lowest BCUT2D eigenvalue weighted by Gasteiger charge is -2.21. The molecule has 0 aromatic carbocycles. The first-order chi connectivity index (χ1) is 47.9. The predicted octanol–water partition coefficient (Wildman–Crippen LogP) is 23.9. The van der Waals surface area contributed by atoms with Gasteiger partial charge in [-0.3, -0.25) is 37.3 Å². The van der Waals surface area contributed by atoms with Crippen LogP contribution in [0, 0.1) is 11.8 Å². The minimum atomic E-state index is -4.96. The Morgan fingerprint density at radius 1 is 0.273 bits per heavy atom. The number of carbonyl (C=O) groups excluding carboxylic acids is 4. The smallest absolute Gasteiger partial charge is 0.462 e. The Hall–Kier alpha value is -1.94. The number of aliphatic hydroxyl groups is 1. The van der Waals surface area contributed by atoms with E-state index in [0.717, 1.165) is 102 Å². The van der Waals surface area contributed by atoms with E-state index in [-0.39, 0.29) is 25.7 Å². The van der Waals surface area contributed by atoms with Crippen LogP contribution in [-0.2, 0) is 65.4 Å². The molecule has 0 aliphatic heterocycles. The fraction of sp³-hybridized carbons (Fsp3) is 0.950. The number of carbonyl (C=O) groups is 4. The molecule has 0 heterocycles. The van der Waals surface area contributed by atoms with Gasteiger partial charge in [0.25, 0.3) is 0 Å². The van der Waals surface area contributed by atoms with Crippen molar-refractivity contribution in [3.05, 3.63) is 0 Å². The summed E-state index contributed by atoms with van der Waals surface area (Å²) in [5.41, 5.74) is 0. The summed E-state index contributed by atoms with van der Waals surface area (Å²) < 4.78 is 68.6. The number of esters is 4. The van der Waals surface area contributed by atoms with Gasteiger partial charge < -0.3 is 33.8 Å². The minimum absolute atomic E-state index is 0.107. The molecule has 0 radical (unpaired) electrons. The maximum absolute atomic E-state index is 13.1. The average Bonchev–Trinajstić information content (AvgIpc) is 0.972. The first kappa shape index (κ1) is 97.1. The maximum atomic E-state index is 13.1. The van der Waals surface area contributed by atoms with Gasteiger partial charge in [-0.1, -0.05) is 369 Å². The molecule has 0 aromatic heterocycles. The third kappa shape index (κ3) is 74.1. The fourth-order valence-corrected chi connectivity index (χ4v) is 13.9. The summed E-state index contributed by atoms with van der Waals surface area (Å²) >= 11 is 0. The lowest BCUT2D eigenvalue weighted by Crippen LogP contribution is -2.30. The molecule has 5 atom stereocenters. The zero-order chi connectivity index (χ0) is 72.8. The Morgan fingerprint density at radius 2 is 0.465 bits per heavy atom. The summed E-state index contributed by atoms with van der Waals surface area (Å²) in [6.45, 7) is 9.59. The molecule has 0 saturated carbocycles. The van der Waals surface area contributed by atoms with Crippen molar-refractivity contribution >= 4 is 39.5 Å². The fourth-order valence-electron chi connectivity index (χ4n) is 12.4. The van der Waals surface area contributed by atoms with Crippen LogP contribution in [0.3, 0.4) is 0 Å². The van der Waals surface area contributed by atoms with Crippen molar-refractivity contribution < 1.29 is 80.2 Å². The van der Waals surface area contributed by atoms with Crippen LogP contribution in [0.1, 0.15) is 420 Å². The van der Waals surface area contributed by atoms with E-state index in [4.69, 9.17) is 37.0 Å². The van der Waals surface area contributed by atoms with Gasteiger partial charge in [-0.15, -0.1) is 0 Å². The van der Waals surface area contributed by atoms with Crippen LogP contribution in [0.4, 0.5) is 0 Å². The highest BCUT2D eigenvalue weighted by Gasteiger charge is 2.30. The second kappa shape index (κ2) is 71.7. The van der Waals surface area contributed by atoms with Gasteiger partial charge in [-0.25, -0.2) is 9.13 Å². The minimum Gasteiger partial charge on any atom is -0.462 e. The van der Waals surface area contributed by atoms with Crippen molar-refractivity contribution in [1.29, 1.82) is 0 Å². The second-order valence-corrected chi connectivity index (χ2v) is 32.7. The maximum Gasteiger partial charge on any atom is 0.472 e. The Kier molecular flexibility index (Phi) is 70.3. The van der Waals surface area contributed by atoms with Crippen molar-refractivity contribution in [3.8, 4) is 0 Å². The van der Waals surface area contributed by atoms with Crippen molar-refractivity contribution in [2.45, 2.75) is 439 Å². The molecule has 0 rings (SSSR count). The van der Waals surface area contributed by atoms with Gasteiger partial charge in [0, 0.05) is 25.7 Å². The number of phosphoric ester groups is 2. The number of unbranched alkanes of at least 4 members (excludes halogenated alkanes) is 49. The molecule has 0 bridgehead atoms. The number of rotatable bonds is 79. The molecule has 99 heavy (non-hydrogen) atoms. The lowest BCUT2D eigenvalue weighted by atomic mass is 10.0. The molecule has 0 aliphatic carbocycles. The number of phosphoric acid groups is 2. The Bertz CT molecular complexity index is 1910. The SMILES string of the molecule is CCCCCCCCCCCCCCCCCCCCCCC(=O)O[C@H](COC(=O)CCCCCCCCCCCCCCCCC(C)C)COP(=O)(O)OC[C@@H](O)COP(=O)(O)OC[C@@H](COC(=O)CCCCCCCCCC(C)C)OC(=O)CCCCCCCCCCCCCC. The van der Waals surface area contributed by atoms with Gasteiger partial charge >= 0.3 is 39.5 Å². The number of ether oxygens (including phenoxy) is 4. The molecule has 17 nitrogen and oxygen atoms in total. The molecular weight excluding hydrogens is 1290 g/mol. The Balaban J connectivity index is 5.22. The van der Waals surface area contributed by atoms with E-state index in [1.165, 1.54) is 231 Å². The van der Waals surface area contributed by atoms with Crippen LogP contribution < -0.4 is 0 Å². The third-order valence-electron chi connectivity index (χ3n) is 18.7. The molecule has 0 fully saturated rings. The van der Waals surface area contributed by atoms with Gasteiger partial charge in [0.05, 0.1) is 26.4 Å². The normalized spacial score (nSPS) is 13.9. The highest BCUT2D eigenvalue weighted by Crippen LogP contribution is 2.45. The summed E-state index contributed by atoms with van der Waals surface area (Å²) in [6, 6.07) is 0. The Labute approximate surface area is 607 Å². The zero-order valence-corrected chi connectivity index (χ0v) is 66.6. The molecule has 588 valence electrons. The average molecular weight is 1450 g/mol. The second-order valence-electron chi connectivity index (χ2n) is 29.8. The first-order valence-corrected chi connectivity index (χ1v) is 44.5. The summed E-state index contributed by atoms with van der Waals surface area (Å²) in [5.74, 6) is -0.606. The molecule has 0 amide bonds. The van der Waals surface area contributed by atoms with E-state index < -0.39 is 97.5 Å². The van der Waals surface area contributed by atoms with E-state index >= 15 is 0 Å². The van der Waals surface area contributed by atoms with E-state index in [1.807, 2.05) is 0 Å². The van der Waals surface area contributed by atoms with Gasteiger partial charge in [0.1, 0.15) is 19.3 Å². The lowest BCUT2D eigenvalue weighted by molar-refractivity contribution is -0.161. The van der Waals surface area contributed by atoms with Crippen LogP contribution in [-0.4, -0.2) is 96.7 Å². The van der Waals surface area contributed by atoms with E-state index in [2.05, 4.69) is 41.5 Å². The standard InChI is InChI=1S/C80H156O17P2/c1-7-9-11-13-15-17-19-21-22-23-24-25-26-27-32-36-40-46-53-59-65-80(85)96-75(68-90-77(82)62-56-50-44-38-35-31-29-28-30-33-37-42-48-54-60-72(3)4)70-94-98(86,87)92-66-74(81)67-93-99(88,89)95-71-76(69-91-78(83)63-57-51-47-41-43-49-55-61-73(5)6)97-79(84)64-58-52-45-39-34-20-18-16-14-12-10-8-2/h72-76,81H,7-71H2,1-6H3,(H,86,87)(H,88,89)/t74-,75-,76-/m1/s1. The van der Waals surface area contributed by atoms with Crippen molar-refractivity contribution in [2.75, 3.05) is 39.6 Å². The van der Waals surface area contributed by atoms with Crippen molar-refractivity contribution in [3.63, 3.8) is 0 Å². The quantitative estimate of drug-likeness (QED) is 0.0222. The predicted molar refractivity (Wildman–Crippen MR) is 405 cm³/mol. The molecule has 2 unspecified atom stereocenters. The topological polar surface area (TPSA) is 237 Å².